The number of aryl methyl sites for hydroxylation is 1. The number of pyridine rings is 1. The molecule has 28 heavy (non-hydrogen) atoms. The molecule has 2 aromatic rings. The van der Waals surface area contributed by atoms with Gasteiger partial charge in [0.2, 0.25) is 0 Å². The fourth-order valence-electron chi connectivity index (χ4n) is 3.43. The van der Waals surface area contributed by atoms with Gasteiger partial charge >= 0.3 is 0 Å². The fraction of sp³-hybridized carbons (Fsp3) is 0.455. The van der Waals surface area contributed by atoms with Gasteiger partial charge in [0, 0.05) is 37.6 Å². The van der Waals surface area contributed by atoms with Gasteiger partial charge in [-0.15, -0.1) is 0 Å². The van der Waals surface area contributed by atoms with Gasteiger partial charge in [0.15, 0.2) is 0 Å². The molecule has 6 nitrogen and oxygen atoms in total. The second kappa shape index (κ2) is 9.55. The molecular weight excluding hydrogens is 352 g/mol. The highest BCUT2D eigenvalue weighted by molar-refractivity contribution is 6.03. The van der Waals surface area contributed by atoms with E-state index in [0.29, 0.717) is 5.69 Å². The van der Waals surface area contributed by atoms with Crippen LogP contribution in [0.25, 0.3) is 0 Å². The largest absolute Gasteiger partial charge is 0.381 e. The van der Waals surface area contributed by atoms with Crippen molar-refractivity contribution in [2.24, 2.45) is 0 Å². The molecule has 1 aromatic carbocycles. The molecule has 0 spiro atoms. The van der Waals surface area contributed by atoms with Crippen LogP contribution in [0, 0.1) is 6.92 Å². The number of hydrogen-bond acceptors (Lipinski definition) is 5. The van der Waals surface area contributed by atoms with Crippen LogP contribution >= 0.6 is 0 Å². The number of ether oxygens (including phenoxy) is 1. The lowest BCUT2D eigenvalue weighted by atomic mass is 10.1. The summed E-state index contributed by atoms with van der Waals surface area (Å²) in [6.45, 7) is 9.81. The molecule has 1 amide bonds. The number of amides is 1. The average molecular weight is 383 g/mol. The van der Waals surface area contributed by atoms with E-state index in [1.165, 1.54) is 5.69 Å². The van der Waals surface area contributed by atoms with Crippen LogP contribution in [0.1, 0.15) is 42.7 Å². The summed E-state index contributed by atoms with van der Waals surface area (Å²) in [5, 5.41) is 6.28. The zero-order chi connectivity index (χ0) is 19.9. The number of hydrogen-bond donors (Lipinski definition) is 2. The standard InChI is InChI=1S/C22H30N4O2/c1-4-26(5-2)18-9-11-20(16(3)13-18)25-22(27)21-10-8-17(14-24-21)23-15-19-7-6-12-28-19/h8-11,13-14,19,23H,4-7,12,15H2,1-3H3,(H,25,27). The molecular formula is C22H30N4O2. The third-order valence-corrected chi connectivity index (χ3v) is 5.14. The van der Waals surface area contributed by atoms with Crippen molar-refractivity contribution in [3.8, 4) is 0 Å². The van der Waals surface area contributed by atoms with Crippen molar-refractivity contribution < 1.29 is 9.53 Å². The van der Waals surface area contributed by atoms with E-state index in [1.807, 2.05) is 25.1 Å². The summed E-state index contributed by atoms with van der Waals surface area (Å²) in [5.41, 5.74) is 4.30. The van der Waals surface area contributed by atoms with E-state index in [2.05, 4.69) is 40.4 Å². The smallest absolute Gasteiger partial charge is 0.274 e. The number of carbonyl (C=O) groups is 1. The first-order chi connectivity index (χ1) is 13.6. The van der Waals surface area contributed by atoms with E-state index < -0.39 is 0 Å². The van der Waals surface area contributed by atoms with E-state index in [1.54, 1.807) is 12.3 Å². The monoisotopic (exact) mass is 382 g/mol. The summed E-state index contributed by atoms with van der Waals surface area (Å²) in [5.74, 6) is -0.204. The summed E-state index contributed by atoms with van der Waals surface area (Å²) in [7, 11) is 0. The van der Waals surface area contributed by atoms with Crippen LogP contribution in [0.3, 0.4) is 0 Å². The molecule has 150 valence electrons. The maximum Gasteiger partial charge on any atom is 0.274 e. The summed E-state index contributed by atoms with van der Waals surface area (Å²) < 4.78 is 5.60. The zero-order valence-corrected chi connectivity index (χ0v) is 17.0. The van der Waals surface area contributed by atoms with Gasteiger partial charge in [0.1, 0.15) is 5.69 Å². The van der Waals surface area contributed by atoms with E-state index in [-0.39, 0.29) is 12.0 Å². The van der Waals surface area contributed by atoms with Crippen molar-refractivity contribution in [2.75, 3.05) is 41.8 Å². The van der Waals surface area contributed by atoms with Gasteiger partial charge in [-0.1, -0.05) is 0 Å². The highest BCUT2D eigenvalue weighted by atomic mass is 16.5. The molecule has 0 radical (unpaired) electrons. The Morgan fingerprint density at radius 3 is 2.68 bits per heavy atom. The number of nitrogens with zero attached hydrogens (tertiary/aromatic N) is 2. The van der Waals surface area contributed by atoms with Crippen LogP contribution in [0.5, 0.6) is 0 Å². The minimum Gasteiger partial charge on any atom is -0.381 e. The number of rotatable bonds is 8. The lowest BCUT2D eigenvalue weighted by Crippen LogP contribution is -2.22. The Hall–Kier alpha value is -2.60. The molecule has 0 bridgehead atoms. The molecule has 1 unspecified atom stereocenters. The molecule has 1 saturated heterocycles. The van der Waals surface area contributed by atoms with Gasteiger partial charge in [-0.3, -0.25) is 4.79 Å². The van der Waals surface area contributed by atoms with Gasteiger partial charge in [-0.2, -0.15) is 0 Å². The quantitative estimate of drug-likeness (QED) is 0.720. The molecule has 1 aliphatic rings. The topological polar surface area (TPSA) is 66.5 Å². The Morgan fingerprint density at radius 1 is 1.25 bits per heavy atom. The normalized spacial score (nSPS) is 16.0. The van der Waals surface area contributed by atoms with E-state index >= 15 is 0 Å². The molecule has 0 saturated carbocycles. The van der Waals surface area contributed by atoms with Gasteiger partial charge in [-0.05, 0) is 69.5 Å². The molecule has 6 heteroatoms. The zero-order valence-electron chi connectivity index (χ0n) is 17.0. The number of nitrogens with one attached hydrogen (secondary N) is 2. The maximum absolute atomic E-state index is 12.6. The first-order valence-electron chi connectivity index (χ1n) is 10.1. The average Bonchev–Trinajstić information content (AvgIpc) is 3.23. The second-order valence-electron chi connectivity index (χ2n) is 7.07. The van der Waals surface area contributed by atoms with E-state index in [9.17, 15) is 4.79 Å². The van der Waals surface area contributed by atoms with Crippen molar-refractivity contribution in [3.05, 3.63) is 47.8 Å². The van der Waals surface area contributed by atoms with Crippen LogP contribution in [0.15, 0.2) is 36.5 Å². The summed E-state index contributed by atoms with van der Waals surface area (Å²) in [4.78, 5) is 19.1. The lowest BCUT2D eigenvalue weighted by Gasteiger charge is -2.22. The number of anilines is 3. The fourth-order valence-corrected chi connectivity index (χ4v) is 3.43. The van der Waals surface area contributed by atoms with Crippen molar-refractivity contribution >= 4 is 23.0 Å². The molecule has 1 atom stereocenters. The first kappa shape index (κ1) is 20.1. The highest BCUT2D eigenvalue weighted by Gasteiger charge is 2.15. The Bertz CT molecular complexity index is 782. The molecule has 1 aliphatic heterocycles. The van der Waals surface area contributed by atoms with Crippen molar-refractivity contribution in [3.63, 3.8) is 0 Å². The van der Waals surface area contributed by atoms with Crippen molar-refractivity contribution in [2.45, 2.75) is 39.7 Å². The van der Waals surface area contributed by atoms with Crippen molar-refractivity contribution in [1.82, 2.24) is 4.98 Å². The molecule has 2 heterocycles. The number of benzene rings is 1. The molecule has 1 aromatic heterocycles. The van der Waals surface area contributed by atoms with E-state index in [0.717, 1.165) is 56.0 Å². The van der Waals surface area contributed by atoms with Crippen molar-refractivity contribution in [1.29, 1.82) is 0 Å². The first-order valence-corrected chi connectivity index (χ1v) is 10.1. The van der Waals surface area contributed by atoms with E-state index in [4.69, 9.17) is 4.74 Å². The number of carbonyl (C=O) groups excluding carboxylic acids is 1. The maximum atomic E-state index is 12.6. The third kappa shape index (κ3) is 5.01. The second-order valence-corrected chi connectivity index (χ2v) is 7.07. The van der Waals surface area contributed by atoms with Gasteiger partial charge in [0.05, 0.1) is 18.0 Å². The predicted molar refractivity (Wildman–Crippen MR) is 114 cm³/mol. The van der Waals surface area contributed by atoms with Gasteiger partial charge in [-0.25, -0.2) is 4.98 Å². The van der Waals surface area contributed by atoms with Crippen LogP contribution in [0.2, 0.25) is 0 Å². The summed E-state index contributed by atoms with van der Waals surface area (Å²) in [6.07, 6.45) is 4.18. The predicted octanol–water partition coefficient (Wildman–Crippen LogP) is 4.08. The van der Waals surface area contributed by atoms with Crippen LogP contribution in [-0.2, 0) is 4.74 Å². The van der Waals surface area contributed by atoms with Gasteiger partial charge in [0.25, 0.3) is 5.91 Å². The Labute approximate surface area is 167 Å². The Balaban J connectivity index is 1.59. The minimum atomic E-state index is -0.204. The van der Waals surface area contributed by atoms with Crippen LogP contribution < -0.4 is 15.5 Å². The van der Waals surface area contributed by atoms with Gasteiger partial charge < -0.3 is 20.3 Å². The third-order valence-electron chi connectivity index (χ3n) is 5.14. The summed E-state index contributed by atoms with van der Waals surface area (Å²) in [6, 6.07) is 9.73. The Kier molecular flexibility index (Phi) is 6.87. The summed E-state index contributed by atoms with van der Waals surface area (Å²) >= 11 is 0. The molecule has 2 N–H and O–H groups in total. The molecule has 0 aliphatic carbocycles. The highest BCUT2D eigenvalue weighted by Crippen LogP contribution is 2.23. The van der Waals surface area contributed by atoms with Crippen LogP contribution in [-0.4, -0.2) is 43.2 Å². The minimum absolute atomic E-state index is 0.204. The number of aromatic nitrogens is 1. The van der Waals surface area contributed by atoms with Crippen LogP contribution in [0.4, 0.5) is 17.1 Å². The molecule has 3 rings (SSSR count). The Morgan fingerprint density at radius 2 is 2.07 bits per heavy atom. The molecule has 1 fully saturated rings. The lowest BCUT2D eigenvalue weighted by molar-refractivity contribution is 0.102. The SMILES string of the molecule is CCN(CC)c1ccc(NC(=O)c2ccc(NCC3CCCO3)cn2)c(C)c1.